The van der Waals surface area contributed by atoms with E-state index in [-0.39, 0.29) is 12.6 Å². The second kappa shape index (κ2) is 7.63. The first-order valence-corrected chi connectivity index (χ1v) is 8.57. The number of nitrogens with two attached hydrogens (primary N) is 1. The zero-order valence-electron chi connectivity index (χ0n) is 14.8. The lowest BCUT2D eigenvalue weighted by Gasteiger charge is -2.07. The highest BCUT2D eigenvalue weighted by molar-refractivity contribution is 5.52. The number of fused-ring (bicyclic) bond motifs is 1. The van der Waals surface area contributed by atoms with Crippen molar-refractivity contribution in [2.75, 3.05) is 29.6 Å². The Morgan fingerprint density at radius 3 is 2.71 bits per heavy atom. The largest absolute Gasteiger partial charge is 0.461 e. The third kappa shape index (κ3) is 3.68. The molecule has 0 atom stereocenters. The first kappa shape index (κ1) is 17.3. The van der Waals surface area contributed by atoms with Crippen LogP contribution in [-0.2, 0) is 6.42 Å². The zero-order valence-corrected chi connectivity index (χ0v) is 14.8. The number of nitrogen functional groups attached to an aromatic ring is 1. The summed E-state index contributed by atoms with van der Waals surface area (Å²) in [7, 11) is 0. The van der Waals surface area contributed by atoms with E-state index < -0.39 is 0 Å². The van der Waals surface area contributed by atoms with Crippen molar-refractivity contribution in [3.05, 3.63) is 59.6 Å². The maximum atomic E-state index is 6.79. The molecule has 0 unspecified atom stereocenters. The molecule has 0 saturated carbocycles. The molecule has 3 aromatic heterocycles. The lowest BCUT2D eigenvalue weighted by Crippen LogP contribution is -2.12. The minimum absolute atomic E-state index is 0.188. The Labute approximate surface area is 160 Å². The molecule has 0 spiro atoms. The standard InChI is InChI=1S/C18H17N9O/c1-20-11-22-13-6-4-12(5-7-13)8-9-21-17-24-16(19)27-18(25-17)23-15(26-27)14-3-2-10-28-14/h2-7,10,22H,8-9,11H2,(H3,19,21,23,24,25,26). The van der Waals surface area contributed by atoms with Crippen LogP contribution in [0.1, 0.15) is 5.56 Å². The van der Waals surface area contributed by atoms with Gasteiger partial charge in [-0.15, -0.1) is 5.10 Å². The van der Waals surface area contributed by atoms with Crippen molar-refractivity contribution in [2.45, 2.75) is 6.42 Å². The predicted octanol–water partition coefficient (Wildman–Crippen LogP) is 2.30. The van der Waals surface area contributed by atoms with Crippen LogP contribution < -0.4 is 16.4 Å². The van der Waals surface area contributed by atoms with Crippen LogP contribution in [0.3, 0.4) is 0 Å². The van der Waals surface area contributed by atoms with E-state index in [0.717, 1.165) is 17.7 Å². The van der Waals surface area contributed by atoms with Crippen molar-refractivity contribution in [1.82, 2.24) is 24.6 Å². The second-order valence-corrected chi connectivity index (χ2v) is 5.90. The van der Waals surface area contributed by atoms with Crippen molar-refractivity contribution in [1.29, 1.82) is 0 Å². The fourth-order valence-corrected chi connectivity index (χ4v) is 2.63. The molecular formula is C18H17N9O. The molecule has 4 rings (SSSR count). The van der Waals surface area contributed by atoms with Gasteiger partial charge in [-0.1, -0.05) is 12.1 Å². The summed E-state index contributed by atoms with van der Waals surface area (Å²) in [6, 6.07) is 11.5. The van der Waals surface area contributed by atoms with Crippen molar-refractivity contribution in [3.63, 3.8) is 0 Å². The van der Waals surface area contributed by atoms with Gasteiger partial charge in [0.2, 0.25) is 17.7 Å². The number of hydrogen-bond acceptors (Lipinski definition) is 8. The van der Waals surface area contributed by atoms with Gasteiger partial charge in [-0.05, 0) is 36.2 Å². The van der Waals surface area contributed by atoms with Gasteiger partial charge in [0.25, 0.3) is 12.4 Å². The Morgan fingerprint density at radius 1 is 1.11 bits per heavy atom. The van der Waals surface area contributed by atoms with Crippen LogP contribution in [0.5, 0.6) is 0 Å². The van der Waals surface area contributed by atoms with Gasteiger partial charge < -0.3 is 20.8 Å². The Hall–Kier alpha value is -4.13. The molecule has 0 aliphatic rings. The molecule has 4 N–H and O–H groups in total. The van der Waals surface area contributed by atoms with E-state index in [9.17, 15) is 0 Å². The van der Waals surface area contributed by atoms with Gasteiger partial charge in [0.15, 0.2) is 5.76 Å². The topological polar surface area (TPSA) is 124 Å². The fraction of sp³-hybridized carbons (Fsp3) is 0.167. The number of anilines is 3. The maximum Gasteiger partial charge on any atom is 0.287 e. The van der Waals surface area contributed by atoms with Gasteiger partial charge in [-0.3, -0.25) is 4.85 Å². The van der Waals surface area contributed by atoms with Gasteiger partial charge in [0, 0.05) is 12.2 Å². The lowest BCUT2D eigenvalue weighted by atomic mass is 10.1. The summed E-state index contributed by atoms with van der Waals surface area (Å²) in [6.07, 6.45) is 2.33. The number of benzene rings is 1. The molecule has 0 bridgehead atoms. The lowest BCUT2D eigenvalue weighted by molar-refractivity contribution is 0.577. The summed E-state index contributed by atoms with van der Waals surface area (Å²) in [5.74, 6) is 1.85. The van der Waals surface area contributed by atoms with Crippen LogP contribution in [0.25, 0.3) is 22.2 Å². The highest BCUT2D eigenvalue weighted by Gasteiger charge is 2.13. The van der Waals surface area contributed by atoms with Crippen LogP contribution in [0.2, 0.25) is 0 Å². The van der Waals surface area contributed by atoms with Crippen LogP contribution in [0, 0.1) is 6.57 Å². The first-order chi connectivity index (χ1) is 13.7. The van der Waals surface area contributed by atoms with Crippen LogP contribution in [0.15, 0.2) is 47.1 Å². The van der Waals surface area contributed by atoms with Gasteiger partial charge in [-0.25, -0.2) is 6.57 Å². The average molecular weight is 375 g/mol. The molecule has 3 heterocycles. The number of rotatable bonds is 7. The summed E-state index contributed by atoms with van der Waals surface area (Å²) >= 11 is 0. The normalized spacial score (nSPS) is 10.7. The molecule has 10 heteroatoms. The first-order valence-electron chi connectivity index (χ1n) is 8.57. The average Bonchev–Trinajstić information content (AvgIpc) is 3.37. The Bertz CT molecular complexity index is 1110. The van der Waals surface area contributed by atoms with E-state index in [1.165, 1.54) is 4.52 Å². The molecule has 1 aromatic carbocycles. The molecular weight excluding hydrogens is 358 g/mol. The van der Waals surface area contributed by atoms with E-state index in [2.05, 4.69) is 35.5 Å². The summed E-state index contributed by atoms with van der Waals surface area (Å²) in [4.78, 5) is 16.2. The third-order valence-corrected chi connectivity index (χ3v) is 3.99. The van der Waals surface area contributed by atoms with Crippen LogP contribution in [-0.4, -0.2) is 37.8 Å². The number of furan rings is 1. The monoisotopic (exact) mass is 375 g/mol. The highest BCUT2D eigenvalue weighted by Crippen LogP contribution is 2.17. The van der Waals surface area contributed by atoms with E-state index in [4.69, 9.17) is 16.7 Å². The molecule has 0 saturated heterocycles. The molecule has 0 radical (unpaired) electrons. The SMILES string of the molecule is [C-]#[N+]CNc1ccc(CCNc2nc(N)n3nc(-c4ccco4)nc3n2)cc1. The minimum Gasteiger partial charge on any atom is -0.461 e. The number of nitrogens with one attached hydrogen (secondary N) is 2. The zero-order chi connectivity index (χ0) is 19.3. The molecule has 28 heavy (non-hydrogen) atoms. The number of nitrogens with zero attached hydrogens (tertiary/aromatic N) is 6. The Morgan fingerprint density at radius 2 is 1.96 bits per heavy atom. The van der Waals surface area contributed by atoms with E-state index in [0.29, 0.717) is 29.9 Å². The molecule has 140 valence electrons. The number of aromatic nitrogens is 5. The summed E-state index contributed by atoms with van der Waals surface area (Å²) in [5, 5.41) is 10.4. The van der Waals surface area contributed by atoms with Crippen molar-refractivity contribution in [3.8, 4) is 11.6 Å². The predicted molar refractivity (Wildman–Crippen MR) is 104 cm³/mol. The Kier molecular flexibility index (Phi) is 4.71. The summed E-state index contributed by atoms with van der Waals surface area (Å²) in [6.45, 7) is 7.69. The van der Waals surface area contributed by atoms with Gasteiger partial charge >= 0.3 is 0 Å². The molecule has 0 aliphatic carbocycles. The van der Waals surface area contributed by atoms with E-state index >= 15 is 0 Å². The van der Waals surface area contributed by atoms with Gasteiger partial charge in [0.05, 0.1) is 6.26 Å². The van der Waals surface area contributed by atoms with E-state index in [1.807, 2.05) is 24.3 Å². The fourth-order valence-electron chi connectivity index (χ4n) is 2.63. The van der Waals surface area contributed by atoms with Gasteiger partial charge in [0.1, 0.15) is 0 Å². The molecule has 10 nitrogen and oxygen atoms in total. The van der Waals surface area contributed by atoms with Crippen molar-refractivity contribution >= 4 is 23.4 Å². The van der Waals surface area contributed by atoms with Crippen LogP contribution >= 0.6 is 0 Å². The Balaban J connectivity index is 1.41. The summed E-state index contributed by atoms with van der Waals surface area (Å²) < 4.78 is 6.67. The molecule has 0 aliphatic heterocycles. The maximum absolute atomic E-state index is 6.79. The van der Waals surface area contributed by atoms with E-state index in [1.54, 1.807) is 18.4 Å². The van der Waals surface area contributed by atoms with Crippen molar-refractivity contribution < 1.29 is 4.42 Å². The highest BCUT2D eigenvalue weighted by atomic mass is 16.3. The molecule has 4 aromatic rings. The smallest absolute Gasteiger partial charge is 0.287 e. The van der Waals surface area contributed by atoms with Crippen molar-refractivity contribution in [2.24, 2.45) is 0 Å². The quantitative estimate of drug-likeness (QED) is 0.420. The van der Waals surface area contributed by atoms with Crippen LogP contribution in [0.4, 0.5) is 17.6 Å². The minimum atomic E-state index is 0.188. The molecule has 0 amide bonds. The number of hydrogen-bond donors (Lipinski definition) is 3. The molecule has 0 fully saturated rings. The van der Waals surface area contributed by atoms with Gasteiger partial charge in [-0.2, -0.15) is 19.5 Å². The third-order valence-electron chi connectivity index (χ3n) is 3.99. The second-order valence-electron chi connectivity index (χ2n) is 5.90. The summed E-state index contributed by atoms with van der Waals surface area (Å²) in [5.41, 5.74) is 8.05.